The molecular formula is C12H15NO2. The van der Waals surface area contributed by atoms with Gasteiger partial charge in [-0.1, -0.05) is 30.3 Å². The van der Waals surface area contributed by atoms with E-state index < -0.39 is 11.5 Å². The van der Waals surface area contributed by atoms with Gasteiger partial charge in [-0.25, -0.2) is 0 Å². The van der Waals surface area contributed by atoms with E-state index in [1.54, 1.807) is 0 Å². The molecule has 3 heteroatoms. The summed E-state index contributed by atoms with van der Waals surface area (Å²) in [6.07, 6.45) is 2.13. The van der Waals surface area contributed by atoms with E-state index in [1.807, 2.05) is 18.2 Å². The van der Waals surface area contributed by atoms with Crippen LogP contribution in [0.1, 0.15) is 18.4 Å². The standard InChI is InChI=1S/C12H15NO2/c13-12(11(14)15)7-10(8-12)6-9-4-2-1-3-5-9/h1-5,10H,6-8,13H2,(H,14,15). The van der Waals surface area contributed by atoms with Gasteiger partial charge >= 0.3 is 5.97 Å². The highest BCUT2D eigenvalue weighted by atomic mass is 16.4. The zero-order valence-corrected chi connectivity index (χ0v) is 8.52. The van der Waals surface area contributed by atoms with Crippen molar-refractivity contribution in [2.24, 2.45) is 11.7 Å². The summed E-state index contributed by atoms with van der Waals surface area (Å²) in [5, 5.41) is 8.85. The predicted octanol–water partition coefficient (Wildman–Crippen LogP) is 1.42. The molecule has 1 aliphatic carbocycles. The van der Waals surface area contributed by atoms with Crippen molar-refractivity contribution >= 4 is 5.97 Å². The molecule has 0 heterocycles. The highest BCUT2D eigenvalue weighted by molar-refractivity contribution is 5.79. The van der Waals surface area contributed by atoms with Gasteiger partial charge in [-0.3, -0.25) is 4.79 Å². The first-order valence-electron chi connectivity index (χ1n) is 5.16. The lowest BCUT2D eigenvalue weighted by atomic mass is 9.67. The molecule has 0 atom stereocenters. The van der Waals surface area contributed by atoms with Crippen LogP contribution >= 0.6 is 0 Å². The summed E-state index contributed by atoms with van der Waals surface area (Å²) in [5.74, 6) is -0.444. The molecule has 0 aromatic heterocycles. The molecule has 0 bridgehead atoms. The van der Waals surface area contributed by atoms with E-state index in [0.717, 1.165) is 6.42 Å². The van der Waals surface area contributed by atoms with Crippen molar-refractivity contribution in [3.05, 3.63) is 35.9 Å². The molecule has 3 nitrogen and oxygen atoms in total. The zero-order valence-electron chi connectivity index (χ0n) is 8.52. The molecule has 0 saturated heterocycles. The van der Waals surface area contributed by atoms with Gasteiger partial charge in [-0.05, 0) is 30.7 Å². The van der Waals surface area contributed by atoms with Crippen LogP contribution in [0.25, 0.3) is 0 Å². The molecule has 2 rings (SSSR count). The number of hydrogen-bond donors (Lipinski definition) is 2. The minimum Gasteiger partial charge on any atom is -0.480 e. The monoisotopic (exact) mass is 205 g/mol. The summed E-state index contributed by atoms with van der Waals surface area (Å²) in [6, 6.07) is 10.1. The predicted molar refractivity (Wildman–Crippen MR) is 57.4 cm³/mol. The Kier molecular flexibility index (Phi) is 2.49. The molecule has 80 valence electrons. The third-order valence-electron chi connectivity index (χ3n) is 3.10. The van der Waals surface area contributed by atoms with Crippen molar-refractivity contribution in [2.75, 3.05) is 0 Å². The first-order chi connectivity index (χ1) is 7.10. The maximum atomic E-state index is 10.8. The topological polar surface area (TPSA) is 63.3 Å². The van der Waals surface area contributed by atoms with Crippen molar-refractivity contribution < 1.29 is 9.90 Å². The fourth-order valence-electron chi connectivity index (χ4n) is 2.24. The van der Waals surface area contributed by atoms with Crippen LogP contribution in [-0.4, -0.2) is 16.6 Å². The van der Waals surface area contributed by atoms with Gasteiger partial charge in [0.15, 0.2) is 0 Å². The number of carbonyl (C=O) groups is 1. The largest absolute Gasteiger partial charge is 0.480 e. The van der Waals surface area contributed by atoms with Crippen molar-refractivity contribution in [3.8, 4) is 0 Å². The first kappa shape index (κ1) is 10.2. The average molecular weight is 205 g/mol. The summed E-state index contributed by atoms with van der Waals surface area (Å²) in [4.78, 5) is 10.8. The highest BCUT2D eigenvalue weighted by Crippen LogP contribution is 2.38. The molecule has 1 fully saturated rings. The van der Waals surface area contributed by atoms with Crippen molar-refractivity contribution in [2.45, 2.75) is 24.8 Å². The fraction of sp³-hybridized carbons (Fsp3) is 0.417. The molecular weight excluding hydrogens is 190 g/mol. The minimum atomic E-state index is -0.959. The second kappa shape index (κ2) is 3.66. The van der Waals surface area contributed by atoms with E-state index in [2.05, 4.69) is 12.1 Å². The summed E-state index contributed by atoms with van der Waals surface area (Å²) >= 11 is 0. The molecule has 0 aliphatic heterocycles. The summed E-state index contributed by atoms with van der Waals surface area (Å²) < 4.78 is 0. The summed E-state index contributed by atoms with van der Waals surface area (Å²) in [5.41, 5.74) is 5.99. The number of carboxylic acid groups (broad SMARTS) is 1. The molecule has 1 saturated carbocycles. The van der Waals surface area contributed by atoms with Crippen LogP contribution in [0, 0.1) is 5.92 Å². The third kappa shape index (κ3) is 2.02. The molecule has 1 aliphatic rings. The number of benzene rings is 1. The lowest BCUT2D eigenvalue weighted by Gasteiger charge is -2.41. The SMILES string of the molecule is NC1(C(=O)O)CC(Cc2ccccc2)C1. The number of hydrogen-bond acceptors (Lipinski definition) is 2. The van der Waals surface area contributed by atoms with Crippen molar-refractivity contribution in [1.29, 1.82) is 0 Å². The lowest BCUT2D eigenvalue weighted by Crippen LogP contribution is -2.58. The maximum Gasteiger partial charge on any atom is 0.323 e. The van der Waals surface area contributed by atoms with Crippen LogP contribution in [0.15, 0.2) is 30.3 Å². The van der Waals surface area contributed by atoms with Gasteiger partial charge in [0.2, 0.25) is 0 Å². The molecule has 0 unspecified atom stereocenters. The third-order valence-corrected chi connectivity index (χ3v) is 3.10. The smallest absolute Gasteiger partial charge is 0.323 e. The van der Waals surface area contributed by atoms with Gasteiger partial charge in [0.25, 0.3) is 0 Å². The van der Waals surface area contributed by atoms with E-state index in [-0.39, 0.29) is 0 Å². The molecule has 1 aromatic carbocycles. The number of nitrogens with two attached hydrogens (primary N) is 1. The Hall–Kier alpha value is -1.35. The van der Waals surface area contributed by atoms with E-state index >= 15 is 0 Å². The summed E-state index contributed by atoms with van der Waals surface area (Å²) in [7, 11) is 0. The van der Waals surface area contributed by atoms with Gasteiger partial charge in [-0.15, -0.1) is 0 Å². The molecule has 0 amide bonds. The van der Waals surface area contributed by atoms with Gasteiger partial charge in [0, 0.05) is 0 Å². The molecule has 1 aromatic rings. The van der Waals surface area contributed by atoms with Crippen LogP contribution in [0.2, 0.25) is 0 Å². The first-order valence-corrected chi connectivity index (χ1v) is 5.16. The average Bonchev–Trinajstić information content (AvgIpc) is 2.16. The Morgan fingerprint density at radius 1 is 1.40 bits per heavy atom. The van der Waals surface area contributed by atoms with E-state index in [0.29, 0.717) is 18.8 Å². The van der Waals surface area contributed by atoms with Crippen LogP contribution in [0.4, 0.5) is 0 Å². The van der Waals surface area contributed by atoms with Gasteiger partial charge < -0.3 is 10.8 Å². The second-order valence-electron chi connectivity index (χ2n) is 4.43. The number of carboxylic acids is 1. The number of aliphatic carboxylic acids is 1. The van der Waals surface area contributed by atoms with Crippen molar-refractivity contribution in [1.82, 2.24) is 0 Å². The zero-order chi connectivity index (χ0) is 10.9. The highest BCUT2D eigenvalue weighted by Gasteiger charge is 2.46. The fourth-order valence-corrected chi connectivity index (χ4v) is 2.24. The summed E-state index contributed by atoms with van der Waals surface area (Å²) in [6.45, 7) is 0. The lowest BCUT2D eigenvalue weighted by molar-refractivity contribution is -0.148. The van der Waals surface area contributed by atoms with E-state index in [4.69, 9.17) is 10.8 Å². The molecule has 3 N–H and O–H groups in total. The molecule has 0 radical (unpaired) electrons. The van der Waals surface area contributed by atoms with Crippen LogP contribution in [0.3, 0.4) is 0 Å². The Morgan fingerprint density at radius 2 is 2.00 bits per heavy atom. The van der Waals surface area contributed by atoms with Gasteiger partial charge in [0.1, 0.15) is 5.54 Å². The van der Waals surface area contributed by atoms with Crippen LogP contribution < -0.4 is 5.73 Å². The van der Waals surface area contributed by atoms with E-state index in [9.17, 15) is 4.79 Å². The second-order valence-corrected chi connectivity index (χ2v) is 4.43. The van der Waals surface area contributed by atoms with Crippen LogP contribution in [-0.2, 0) is 11.2 Å². The Bertz CT molecular complexity index is 355. The number of rotatable bonds is 3. The van der Waals surface area contributed by atoms with Gasteiger partial charge in [0.05, 0.1) is 0 Å². The quantitative estimate of drug-likeness (QED) is 0.784. The van der Waals surface area contributed by atoms with Gasteiger partial charge in [-0.2, -0.15) is 0 Å². The van der Waals surface area contributed by atoms with Crippen LogP contribution in [0.5, 0.6) is 0 Å². The normalized spacial score (nSPS) is 29.5. The molecule has 15 heavy (non-hydrogen) atoms. The Balaban J connectivity index is 1.89. The molecule has 0 spiro atoms. The van der Waals surface area contributed by atoms with Crippen molar-refractivity contribution in [3.63, 3.8) is 0 Å². The van der Waals surface area contributed by atoms with E-state index in [1.165, 1.54) is 5.56 Å². The minimum absolute atomic E-state index is 0.425. The maximum absolute atomic E-state index is 10.8. The Labute approximate surface area is 88.9 Å². The Morgan fingerprint density at radius 3 is 2.53 bits per heavy atom.